The molecule has 0 atom stereocenters. The average Bonchev–Trinajstić information content (AvgIpc) is 3.21. The summed E-state index contributed by atoms with van der Waals surface area (Å²) in [6, 6.07) is 6.94. The van der Waals surface area contributed by atoms with Crippen LogP contribution in [-0.2, 0) is 12.8 Å². The molecule has 0 aliphatic heterocycles. The molecule has 3 aromatic rings. The number of rotatable bonds is 6. The fourth-order valence-electron chi connectivity index (χ4n) is 2.73. The summed E-state index contributed by atoms with van der Waals surface area (Å²) in [6.07, 6.45) is 0.225. The van der Waals surface area contributed by atoms with E-state index in [0.29, 0.717) is 23.0 Å². The summed E-state index contributed by atoms with van der Waals surface area (Å²) < 4.78 is 16.1. The molecular weight excluding hydrogens is 328 g/mol. The van der Waals surface area contributed by atoms with Crippen molar-refractivity contribution in [2.45, 2.75) is 26.7 Å². The topological polar surface area (TPSA) is 114 Å². The van der Waals surface area contributed by atoms with Crippen molar-refractivity contribution in [2.24, 2.45) is 0 Å². The van der Waals surface area contributed by atoms with Gasteiger partial charge in [0.15, 0.2) is 0 Å². The van der Waals surface area contributed by atoms with Crippen LogP contribution in [0.3, 0.4) is 0 Å². The number of hydrogen-bond acceptors (Lipinski definition) is 5. The minimum absolute atomic E-state index is 0.112. The lowest BCUT2D eigenvalue weighted by atomic mass is 10.00. The smallest absolute Gasteiger partial charge is 0.372 e. The Labute approximate surface area is 142 Å². The molecule has 130 valence electrons. The Bertz CT molecular complexity index is 864. The largest absolute Gasteiger partial charge is 0.475 e. The van der Waals surface area contributed by atoms with Crippen molar-refractivity contribution in [3.8, 4) is 0 Å². The molecule has 0 radical (unpaired) electrons. The molecule has 7 heteroatoms. The highest BCUT2D eigenvalue weighted by Crippen LogP contribution is 2.29. The van der Waals surface area contributed by atoms with Gasteiger partial charge in [0.1, 0.15) is 23.0 Å². The molecule has 0 fully saturated rings. The third-order valence-electron chi connectivity index (χ3n) is 3.80. The van der Waals surface area contributed by atoms with E-state index in [1.807, 2.05) is 0 Å². The van der Waals surface area contributed by atoms with Gasteiger partial charge in [-0.05, 0) is 38.1 Å². The number of furan rings is 3. The molecule has 0 aliphatic carbocycles. The van der Waals surface area contributed by atoms with E-state index >= 15 is 0 Å². The van der Waals surface area contributed by atoms with Crippen LogP contribution >= 0.6 is 0 Å². The van der Waals surface area contributed by atoms with Crippen LogP contribution in [0.4, 0.5) is 0 Å². The molecule has 0 bridgehead atoms. The van der Waals surface area contributed by atoms with E-state index in [4.69, 9.17) is 13.3 Å². The maximum absolute atomic E-state index is 11.5. The number of hydrogen-bond donors (Lipinski definition) is 2. The van der Waals surface area contributed by atoms with Gasteiger partial charge in [-0.3, -0.25) is 0 Å². The third-order valence-corrected chi connectivity index (χ3v) is 3.80. The van der Waals surface area contributed by atoms with Crippen molar-refractivity contribution in [1.82, 2.24) is 0 Å². The van der Waals surface area contributed by atoms with Gasteiger partial charge in [0, 0.05) is 24.0 Å². The minimum atomic E-state index is -1.33. The monoisotopic (exact) mass is 344 g/mol. The summed E-state index contributed by atoms with van der Waals surface area (Å²) >= 11 is 0. The first-order chi connectivity index (χ1) is 11.8. The van der Waals surface area contributed by atoms with Crippen LogP contribution in [0.5, 0.6) is 0 Å². The first-order valence-electron chi connectivity index (χ1n) is 7.57. The molecule has 0 unspecified atom stereocenters. The van der Waals surface area contributed by atoms with E-state index in [1.54, 1.807) is 38.1 Å². The fourth-order valence-corrected chi connectivity index (χ4v) is 2.73. The lowest BCUT2D eigenvalue weighted by Crippen LogP contribution is -2.04. The summed E-state index contributed by atoms with van der Waals surface area (Å²) in [7, 11) is 0. The van der Waals surface area contributed by atoms with Gasteiger partial charge in [-0.2, -0.15) is 0 Å². The lowest BCUT2D eigenvalue weighted by molar-refractivity contribution is 0.0630. The van der Waals surface area contributed by atoms with Gasteiger partial charge in [0.2, 0.25) is 11.5 Å². The summed E-state index contributed by atoms with van der Waals surface area (Å²) in [5, 5.41) is 18.8. The van der Waals surface area contributed by atoms with Crippen LogP contribution in [0, 0.1) is 13.8 Å². The van der Waals surface area contributed by atoms with Gasteiger partial charge in [0.25, 0.3) is 0 Å². The SMILES string of the molecule is Cc1ccc(Cc2c(C(=O)O)oc(C(=O)O)c2Cc2ccc(C)o2)o1. The van der Waals surface area contributed by atoms with Crippen LogP contribution in [0.2, 0.25) is 0 Å². The van der Waals surface area contributed by atoms with E-state index in [9.17, 15) is 19.8 Å². The second-order valence-electron chi connectivity index (χ2n) is 5.71. The van der Waals surface area contributed by atoms with Crippen molar-refractivity contribution in [3.05, 3.63) is 70.0 Å². The zero-order valence-electron chi connectivity index (χ0n) is 13.7. The van der Waals surface area contributed by atoms with Crippen molar-refractivity contribution in [1.29, 1.82) is 0 Å². The molecule has 25 heavy (non-hydrogen) atoms. The lowest BCUT2D eigenvalue weighted by Gasteiger charge is -2.03. The Morgan fingerprint density at radius 3 is 1.44 bits per heavy atom. The maximum atomic E-state index is 11.5. The molecule has 0 saturated heterocycles. The highest BCUT2D eigenvalue weighted by atomic mass is 16.4. The van der Waals surface area contributed by atoms with Crippen LogP contribution in [0.15, 0.2) is 37.5 Å². The van der Waals surface area contributed by atoms with Gasteiger partial charge in [-0.15, -0.1) is 0 Å². The summed E-state index contributed by atoms with van der Waals surface area (Å²) in [5.41, 5.74) is 0.543. The van der Waals surface area contributed by atoms with E-state index in [2.05, 4.69) is 0 Å². The van der Waals surface area contributed by atoms with Gasteiger partial charge in [-0.25, -0.2) is 9.59 Å². The van der Waals surface area contributed by atoms with Gasteiger partial charge >= 0.3 is 11.9 Å². The predicted octanol–water partition coefficient (Wildman–Crippen LogP) is 3.66. The summed E-state index contributed by atoms with van der Waals surface area (Å²) in [6.45, 7) is 3.54. The van der Waals surface area contributed by atoms with Crippen LogP contribution in [-0.4, -0.2) is 22.2 Å². The predicted molar refractivity (Wildman–Crippen MR) is 85.1 cm³/mol. The quantitative estimate of drug-likeness (QED) is 0.701. The zero-order chi connectivity index (χ0) is 18.1. The van der Waals surface area contributed by atoms with E-state index in [0.717, 1.165) is 0 Å². The molecule has 0 saturated carbocycles. The fraction of sp³-hybridized carbons (Fsp3) is 0.222. The Kier molecular flexibility index (Phi) is 4.22. The highest BCUT2D eigenvalue weighted by Gasteiger charge is 2.29. The zero-order valence-corrected chi connectivity index (χ0v) is 13.7. The van der Waals surface area contributed by atoms with E-state index < -0.39 is 23.5 Å². The van der Waals surface area contributed by atoms with Gasteiger partial charge < -0.3 is 23.5 Å². The molecule has 3 heterocycles. The number of carbonyl (C=O) groups is 2. The summed E-state index contributed by atoms with van der Waals surface area (Å²) in [4.78, 5) is 23.0. The third kappa shape index (κ3) is 3.35. The van der Waals surface area contributed by atoms with E-state index in [1.165, 1.54) is 0 Å². The Morgan fingerprint density at radius 1 is 0.760 bits per heavy atom. The maximum Gasteiger partial charge on any atom is 0.372 e. The minimum Gasteiger partial charge on any atom is -0.475 e. The number of aromatic carboxylic acids is 2. The molecule has 0 aromatic carbocycles. The molecule has 7 nitrogen and oxygen atoms in total. The number of carboxylic acids is 2. The van der Waals surface area contributed by atoms with Crippen LogP contribution in [0.1, 0.15) is 55.3 Å². The normalized spacial score (nSPS) is 11.0. The molecule has 2 N–H and O–H groups in total. The molecule has 0 spiro atoms. The van der Waals surface area contributed by atoms with Crippen molar-refractivity contribution < 1.29 is 33.1 Å². The Morgan fingerprint density at radius 2 is 1.16 bits per heavy atom. The Balaban J connectivity index is 2.11. The molecule has 0 aliphatic rings. The molecule has 3 aromatic heterocycles. The van der Waals surface area contributed by atoms with Gasteiger partial charge in [0.05, 0.1) is 0 Å². The van der Waals surface area contributed by atoms with Crippen molar-refractivity contribution >= 4 is 11.9 Å². The number of carboxylic acid groups (broad SMARTS) is 2. The highest BCUT2D eigenvalue weighted by molar-refractivity contribution is 5.92. The Hall–Kier alpha value is -3.22. The van der Waals surface area contributed by atoms with Crippen molar-refractivity contribution in [3.63, 3.8) is 0 Å². The van der Waals surface area contributed by atoms with Crippen LogP contribution < -0.4 is 0 Å². The standard InChI is InChI=1S/C18H16O7/c1-9-3-5-11(23-9)7-13-14(8-12-6-4-10(2)24-12)16(18(21)22)25-15(13)17(19)20/h3-6H,7-8H2,1-2H3,(H,19,20)(H,21,22). The molecule has 0 amide bonds. The molecular formula is C18H16O7. The summed E-state index contributed by atoms with van der Waals surface area (Å²) in [5.74, 6) is -1.06. The molecule has 3 rings (SSSR count). The van der Waals surface area contributed by atoms with E-state index in [-0.39, 0.29) is 24.0 Å². The first kappa shape index (κ1) is 16.6. The van der Waals surface area contributed by atoms with Crippen LogP contribution in [0.25, 0.3) is 0 Å². The number of aryl methyl sites for hydroxylation is 2. The first-order valence-corrected chi connectivity index (χ1v) is 7.57. The van der Waals surface area contributed by atoms with Gasteiger partial charge in [-0.1, -0.05) is 0 Å². The average molecular weight is 344 g/mol. The second kappa shape index (κ2) is 6.35. The second-order valence-corrected chi connectivity index (χ2v) is 5.71. The van der Waals surface area contributed by atoms with Crippen molar-refractivity contribution in [2.75, 3.05) is 0 Å².